The number of aliphatic hydroxyl groups is 1. The van der Waals surface area contributed by atoms with E-state index < -0.39 is 50.1 Å². The first kappa shape index (κ1) is 23.5. The molecule has 2 aliphatic carbocycles. The molecule has 0 saturated heterocycles. The van der Waals surface area contributed by atoms with Crippen LogP contribution in [0.2, 0.25) is 0 Å². The van der Waals surface area contributed by atoms with Crippen molar-refractivity contribution in [3.63, 3.8) is 0 Å². The third-order valence-electron chi connectivity index (χ3n) is 8.59. The van der Waals surface area contributed by atoms with Gasteiger partial charge in [-0.1, -0.05) is 13.8 Å². The number of benzene rings is 1. The Kier molecular flexibility index (Phi) is 4.94. The molecule has 2 fully saturated rings. The Labute approximate surface area is 198 Å². The summed E-state index contributed by atoms with van der Waals surface area (Å²) in [5.41, 5.74) is -2.31. The van der Waals surface area contributed by atoms with Crippen molar-refractivity contribution in [3.8, 4) is 5.75 Å². The molecule has 9 heteroatoms. The smallest absolute Gasteiger partial charge is 0.336 e. The van der Waals surface area contributed by atoms with Gasteiger partial charge in [0, 0.05) is 17.9 Å². The number of hydrogen-bond acceptors (Lipinski definition) is 8. The SMILES string of the molecule is Cc1cc(=O)oc2c3c(ccc12)OC(C)(C)[C@H](O)[C@@H]3OS(=O)(=O)C[C@]12CC[C@@H](CC1=O)C2(C)C. The lowest BCUT2D eigenvalue weighted by Gasteiger charge is -2.42. The molecular weight excluding hydrogens is 460 g/mol. The van der Waals surface area contributed by atoms with E-state index in [0.29, 0.717) is 23.8 Å². The van der Waals surface area contributed by atoms with Gasteiger partial charge in [-0.25, -0.2) is 4.79 Å². The summed E-state index contributed by atoms with van der Waals surface area (Å²) in [5.74, 6) is -0.0604. The molecule has 0 amide bonds. The number of aliphatic hydroxyl groups excluding tert-OH is 1. The van der Waals surface area contributed by atoms with E-state index in [1.807, 2.05) is 13.8 Å². The Morgan fingerprint density at radius 1 is 1.18 bits per heavy atom. The van der Waals surface area contributed by atoms with E-state index in [1.54, 1.807) is 32.9 Å². The van der Waals surface area contributed by atoms with Crippen LogP contribution in [-0.4, -0.2) is 36.8 Å². The Morgan fingerprint density at radius 3 is 2.50 bits per heavy atom. The van der Waals surface area contributed by atoms with Crippen molar-refractivity contribution in [2.45, 2.75) is 71.7 Å². The molecule has 8 nitrogen and oxygen atoms in total. The zero-order valence-electron chi connectivity index (χ0n) is 20.0. The third kappa shape index (κ3) is 3.20. The standard InChI is InChI=1S/C25H30O8S/c1-13-10-18(27)31-20-15(13)6-7-16-19(20)21(22(28)24(4,5)32-16)33-34(29,30)12-25-9-8-14(11-17(25)26)23(25,2)3/h6-7,10,14,21-22,28H,8-9,11-12H2,1-5H3/t14-,21+,22+,25+/m0/s1. The van der Waals surface area contributed by atoms with E-state index >= 15 is 0 Å². The molecule has 1 aliphatic heterocycles. The molecule has 0 unspecified atom stereocenters. The summed E-state index contributed by atoms with van der Waals surface area (Å²) >= 11 is 0. The molecule has 2 saturated carbocycles. The van der Waals surface area contributed by atoms with Crippen LogP contribution in [0, 0.1) is 23.7 Å². The lowest BCUT2D eigenvalue weighted by molar-refractivity contribution is -0.128. The predicted octanol–water partition coefficient (Wildman–Crippen LogP) is 3.42. The van der Waals surface area contributed by atoms with Crippen molar-refractivity contribution < 1.29 is 31.7 Å². The molecule has 1 aromatic heterocycles. The first-order valence-corrected chi connectivity index (χ1v) is 13.1. The number of rotatable bonds is 4. The van der Waals surface area contributed by atoms with Crippen LogP contribution in [0.1, 0.15) is 64.2 Å². The van der Waals surface area contributed by atoms with Gasteiger partial charge in [-0.3, -0.25) is 8.98 Å². The van der Waals surface area contributed by atoms with Crippen molar-refractivity contribution in [3.05, 3.63) is 39.7 Å². The van der Waals surface area contributed by atoms with Crippen LogP contribution >= 0.6 is 0 Å². The maximum absolute atomic E-state index is 13.5. The Balaban J connectivity index is 1.61. The van der Waals surface area contributed by atoms with Gasteiger partial charge in [0.2, 0.25) is 0 Å². The summed E-state index contributed by atoms with van der Waals surface area (Å²) in [7, 11) is -4.28. The van der Waals surface area contributed by atoms with Crippen LogP contribution in [0.5, 0.6) is 5.75 Å². The van der Waals surface area contributed by atoms with Gasteiger partial charge in [-0.05, 0) is 62.6 Å². The highest BCUT2D eigenvalue weighted by Crippen LogP contribution is 2.64. The van der Waals surface area contributed by atoms with Crippen LogP contribution in [-0.2, 0) is 19.1 Å². The van der Waals surface area contributed by atoms with Gasteiger partial charge < -0.3 is 14.3 Å². The number of carbonyl (C=O) groups is 1. The zero-order valence-corrected chi connectivity index (χ0v) is 20.8. The predicted molar refractivity (Wildman–Crippen MR) is 124 cm³/mol. The molecule has 2 aromatic rings. The summed E-state index contributed by atoms with van der Waals surface area (Å²) in [6.45, 7) is 8.91. The molecule has 3 aliphatic rings. The molecule has 0 radical (unpaired) electrons. The van der Waals surface area contributed by atoms with Gasteiger partial charge in [0.1, 0.15) is 34.9 Å². The fourth-order valence-electron chi connectivity index (χ4n) is 6.31. The molecule has 2 bridgehead atoms. The first-order valence-electron chi connectivity index (χ1n) is 11.6. The summed E-state index contributed by atoms with van der Waals surface area (Å²) in [5, 5.41) is 11.7. The van der Waals surface area contributed by atoms with E-state index in [1.165, 1.54) is 6.07 Å². The van der Waals surface area contributed by atoms with E-state index in [9.17, 15) is 23.1 Å². The lowest BCUT2D eigenvalue weighted by atomic mass is 9.70. The van der Waals surface area contributed by atoms with Gasteiger partial charge >= 0.3 is 5.63 Å². The van der Waals surface area contributed by atoms with Gasteiger partial charge in [0.25, 0.3) is 10.1 Å². The number of hydrogen-bond donors (Lipinski definition) is 1. The number of ether oxygens (including phenoxy) is 1. The van der Waals surface area contributed by atoms with E-state index in [4.69, 9.17) is 13.3 Å². The lowest BCUT2D eigenvalue weighted by Crippen LogP contribution is -2.50. The molecule has 1 aromatic carbocycles. The fourth-order valence-corrected chi connectivity index (χ4v) is 8.18. The monoisotopic (exact) mass is 490 g/mol. The number of Topliss-reactive ketones (excluding diaryl/α,β-unsaturated/α-hetero) is 1. The Bertz CT molecular complexity index is 1370. The second kappa shape index (κ2) is 7.15. The van der Waals surface area contributed by atoms with Crippen LogP contribution in [0.15, 0.2) is 27.4 Å². The molecule has 5 rings (SSSR count). The zero-order chi connectivity index (χ0) is 24.8. The van der Waals surface area contributed by atoms with Gasteiger partial charge in [0.05, 0.1) is 16.7 Å². The van der Waals surface area contributed by atoms with Gasteiger partial charge in [-0.2, -0.15) is 8.42 Å². The largest absolute Gasteiger partial charge is 0.485 e. The van der Waals surface area contributed by atoms with Crippen LogP contribution in [0.25, 0.3) is 11.0 Å². The maximum Gasteiger partial charge on any atom is 0.336 e. The van der Waals surface area contributed by atoms with Crippen molar-refractivity contribution in [1.82, 2.24) is 0 Å². The minimum Gasteiger partial charge on any atom is -0.485 e. The highest BCUT2D eigenvalue weighted by Gasteiger charge is 2.65. The maximum atomic E-state index is 13.5. The molecule has 2 heterocycles. The molecule has 34 heavy (non-hydrogen) atoms. The second-order valence-corrected chi connectivity index (χ2v) is 12.7. The van der Waals surface area contributed by atoms with Crippen molar-refractivity contribution in [1.29, 1.82) is 0 Å². The fraction of sp³-hybridized carbons (Fsp3) is 0.600. The molecule has 4 atom stereocenters. The average Bonchev–Trinajstić information content (AvgIpc) is 3.04. The third-order valence-corrected chi connectivity index (χ3v) is 9.93. The Morgan fingerprint density at radius 2 is 1.88 bits per heavy atom. The molecule has 184 valence electrons. The van der Waals surface area contributed by atoms with Crippen LogP contribution in [0.4, 0.5) is 0 Å². The highest BCUT2D eigenvalue weighted by molar-refractivity contribution is 7.86. The first-order chi connectivity index (χ1) is 15.7. The van der Waals surface area contributed by atoms with Crippen molar-refractivity contribution in [2.24, 2.45) is 16.7 Å². The van der Waals surface area contributed by atoms with E-state index in [0.717, 1.165) is 6.42 Å². The molecular formula is C25H30O8S. The summed E-state index contributed by atoms with van der Waals surface area (Å²) in [6.07, 6.45) is -1.06. The quantitative estimate of drug-likeness (QED) is 0.511. The highest BCUT2D eigenvalue weighted by atomic mass is 32.2. The van der Waals surface area contributed by atoms with Crippen molar-refractivity contribution >= 4 is 26.9 Å². The minimum absolute atomic E-state index is 0.0405. The summed E-state index contributed by atoms with van der Waals surface area (Å²) in [6, 6.07) is 4.73. The van der Waals surface area contributed by atoms with E-state index in [-0.39, 0.29) is 28.6 Å². The number of ketones is 1. The summed E-state index contributed by atoms with van der Waals surface area (Å²) in [4.78, 5) is 25.1. The van der Waals surface area contributed by atoms with E-state index in [2.05, 4.69) is 0 Å². The number of fused-ring (bicyclic) bond motifs is 5. The average molecular weight is 491 g/mol. The topological polar surface area (TPSA) is 120 Å². The number of aryl methyl sites for hydroxylation is 1. The molecule has 1 N–H and O–H groups in total. The minimum atomic E-state index is -4.28. The normalized spacial score (nSPS) is 31.5. The van der Waals surface area contributed by atoms with Crippen LogP contribution < -0.4 is 10.4 Å². The molecule has 0 spiro atoms. The second-order valence-electron chi connectivity index (χ2n) is 11.1. The van der Waals surface area contributed by atoms with Gasteiger partial charge in [-0.15, -0.1) is 0 Å². The van der Waals surface area contributed by atoms with Gasteiger partial charge in [0.15, 0.2) is 0 Å². The number of carbonyl (C=O) groups excluding carboxylic acids is 1. The van der Waals surface area contributed by atoms with Crippen molar-refractivity contribution in [2.75, 3.05) is 5.75 Å². The Hall–Kier alpha value is -2.23. The van der Waals surface area contributed by atoms with Crippen LogP contribution in [0.3, 0.4) is 0 Å². The summed E-state index contributed by atoms with van der Waals surface area (Å²) < 4.78 is 44.1.